The van der Waals surface area contributed by atoms with Gasteiger partial charge in [-0.3, -0.25) is 14.6 Å². The summed E-state index contributed by atoms with van der Waals surface area (Å²) in [5.74, 6) is -1.81. The number of likely N-dealkylation sites (N-methyl/N-ethyl adjacent to an activating group) is 1. The number of rotatable bonds is 9. The number of aryl methyl sites for hydroxylation is 3. The lowest BCUT2D eigenvalue weighted by atomic mass is 9.96. The number of carboxylic acid groups (broad SMARTS) is 2. The Morgan fingerprint density at radius 3 is 2.20 bits per heavy atom. The predicted octanol–water partition coefficient (Wildman–Crippen LogP) is 7.78. The fourth-order valence-corrected chi connectivity index (χ4v) is 6.39. The highest BCUT2D eigenvalue weighted by Gasteiger charge is 2.30. The van der Waals surface area contributed by atoms with E-state index in [1.54, 1.807) is 25.8 Å². The number of fused-ring (bicyclic) bond motifs is 8. The molecule has 1 atom stereocenters. The maximum absolute atomic E-state index is 13.5. The van der Waals surface area contributed by atoms with Crippen LogP contribution in [0.25, 0.3) is 39.3 Å². The summed E-state index contributed by atoms with van der Waals surface area (Å²) in [4.78, 5) is 54.6. The van der Waals surface area contributed by atoms with Gasteiger partial charge in [-0.15, -0.1) is 0 Å². The van der Waals surface area contributed by atoms with Gasteiger partial charge in [0.2, 0.25) is 5.91 Å². The Balaban J connectivity index is 0.00000101. The molecule has 1 unspecified atom stereocenters. The molecule has 2 aliphatic rings. The summed E-state index contributed by atoms with van der Waals surface area (Å²) in [6, 6.07) is 6.13. The quantitative estimate of drug-likeness (QED) is 0.182. The summed E-state index contributed by atoms with van der Waals surface area (Å²) in [5.41, 5.74) is 11.9. The first kappa shape index (κ1) is 36.8. The molecule has 5 heterocycles. The van der Waals surface area contributed by atoms with Crippen LogP contribution in [0.2, 0.25) is 0 Å². The van der Waals surface area contributed by atoms with Gasteiger partial charge in [0.1, 0.15) is 0 Å². The summed E-state index contributed by atoms with van der Waals surface area (Å²) >= 11 is 0. The van der Waals surface area contributed by atoms with Gasteiger partial charge in [-0.1, -0.05) is 46.8 Å². The van der Waals surface area contributed by atoms with Crippen LogP contribution in [0.1, 0.15) is 110 Å². The van der Waals surface area contributed by atoms with E-state index in [0.717, 1.165) is 69.3 Å². The molecule has 1 amide bonds. The second-order valence-electron chi connectivity index (χ2n) is 12.8. The number of aromatic nitrogens is 4. The zero-order chi connectivity index (χ0) is 36.2. The van der Waals surface area contributed by atoms with E-state index in [4.69, 9.17) is 15.1 Å². The van der Waals surface area contributed by atoms with Crippen LogP contribution >= 0.6 is 0 Å². The first-order chi connectivity index (χ1) is 23.3. The van der Waals surface area contributed by atoms with Gasteiger partial charge < -0.3 is 25.1 Å². The molecule has 0 spiro atoms. The van der Waals surface area contributed by atoms with Gasteiger partial charge in [0, 0.05) is 70.5 Å². The van der Waals surface area contributed by atoms with Crippen LogP contribution in [0, 0.1) is 13.8 Å². The van der Waals surface area contributed by atoms with Gasteiger partial charge >= 0.3 is 11.9 Å². The number of nitrogens with one attached hydrogen (secondary N) is 2. The second-order valence-corrected chi connectivity index (χ2v) is 12.8. The number of aliphatic carboxylic acids is 2. The Labute approximate surface area is 288 Å². The van der Waals surface area contributed by atoms with E-state index in [1.165, 1.54) is 0 Å². The van der Waals surface area contributed by atoms with Gasteiger partial charge in [0.15, 0.2) is 0 Å². The summed E-state index contributed by atoms with van der Waals surface area (Å²) in [6.45, 7) is 18.6. The van der Waals surface area contributed by atoms with E-state index in [1.807, 2.05) is 12.1 Å². The molecule has 8 bridgehead atoms. The summed E-state index contributed by atoms with van der Waals surface area (Å²) in [6.07, 6.45) is 5.38. The molecule has 0 saturated carbocycles. The molecule has 0 aromatic carbocycles. The van der Waals surface area contributed by atoms with Crippen LogP contribution in [0.4, 0.5) is 0 Å². The lowest BCUT2D eigenvalue weighted by Gasteiger charge is -2.18. The van der Waals surface area contributed by atoms with Crippen molar-refractivity contribution < 1.29 is 24.6 Å². The number of hydrogen-bond donors (Lipinski definition) is 4. The molecule has 0 fully saturated rings. The van der Waals surface area contributed by atoms with Crippen molar-refractivity contribution in [2.24, 2.45) is 0 Å². The summed E-state index contributed by atoms with van der Waals surface area (Å²) in [7, 11) is 1.80. The van der Waals surface area contributed by atoms with Gasteiger partial charge in [0.25, 0.3) is 0 Å². The fourth-order valence-electron chi connectivity index (χ4n) is 6.39. The van der Waals surface area contributed by atoms with Crippen molar-refractivity contribution in [2.45, 2.75) is 92.9 Å². The van der Waals surface area contributed by atoms with Crippen LogP contribution in [-0.2, 0) is 33.6 Å². The Kier molecular flexibility index (Phi) is 11.6. The molecular formula is C39H49N5O5. The number of H-pyrrole nitrogens is 2. The fraction of sp³-hybridized carbons (Fsp3) is 0.410. The van der Waals surface area contributed by atoms with Gasteiger partial charge in [-0.25, -0.2) is 9.78 Å². The molecule has 5 rings (SSSR count). The smallest absolute Gasteiger partial charge is 0.338 e. The van der Waals surface area contributed by atoms with Crippen molar-refractivity contribution in [3.8, 4) is 0 Å². The van der Waals surface area contributed by atoms with Crippen LogP contribution < -0.4 is 0 Å². The molecule has 4 N–H and O–H groups in total. The first-order valence-electron chi connectivity index (χ1n) is 17.0. The third kappa shape index (κ3) is 7.69. The minimum atomic E-state index is -1.06. The van der Waals surface area contributed by atoms with E-state index < -0.39 is 11.9 Å². The van der Waals surface area contributed by atoms with Crippen molar-refractivity contribution in [3.05, 3.63) is 75.4 Å². The highest BCUT2D eigenvalue weighted by atomic mass is 16.4. The molecule has 3 aromatic heterocycles. The lowest BCUT2D eigenvalue weighted by molar-refractivity contribution is -0.136. The molecule has 0 radical (unpaired) electrons. The third-order valence-electron chi connectivity index (χ3n) is 9.49. The number of carboxylic acids is 2. The Hall–Kier alpha value is -4.99. The molecule has 3 aromatic rings. The van der Waals surface area contributed by atoms with Gasteiger partial charge in [0.05, 0.1) is 23.4 Å². The number of amides is 1. The average molecular weight is 668 g/mol. The van der Waals surface area contributed by atoms with Gasteiger partial charge in [-0.2, -0.15) is 0 Å². The monoisotopic (exact) mass is 667 g/mol. The normalized spacial score (nSPS) is 13.9. The standard InChI is InChI=1S/C36H43N5O3.C3H6O2/c1-9-12-13-41(8)33(42)15-25-30-14-19(4)26(37-30)16-27-20(5)23(10-2)31(38-27)17-28-21(6)24(11-3)32(39-28)18-29-22(7)34(36(43)44)35(25)40-29;1-2-3(4)5/h10,16-19,38-39H,2,9,11-15H2,1,3-8H3,(H,43,44);2H2,1H3,(H,4,5). The SMILES string of the molecule is C=Cc1c(C)c2cc3nc(c(CC(=O)N(C)CCCC)c4nc(cc5[nH]c(cc1[nH]2)c(C)c5CC)C(C)=C4C(=O)O)CC3C.CCC(=O)O. The average Bonchev–Trinajstić information content (AvgIpc) is 3.76. The van der Waals surface area contributed by atoms with E-state index in [-0.39, 0.29) is 30.2 Å². The highest BCUT2D eigenvalue weighted by molar-refractivity contribution is 6.24. The van der Waals surface area contributed by atoms with Crippen LogP contribution in [-0.4, -0.2) is 66.5 Å². The number of hydrogen-bond acceptors (Lipinski definition) is 5. The van der Waals surface area contributed by atoms with E-state index in [2.05, 4.69) is 63.3 Å². The van der Waals surface area contributed by atoms with Crippen LogP contribution in [0.3, 0.4) is 0 Å². The minimum absolute atomic E-state index is 0.0302. The van der Waals surface area contributed by atoms with Crippen molar-refractivity contribution in [3.63, 3.8) is 0 Å². The third-order valence-corrected chi connectivity index (χ3v) is 9.49. The van der Waals surface area contributed by atoms with Gasteiger partial charge in [-0.05, 0) is 80.5 Å². The largest absolute Gasteiger partial charge is 0.481 e. The van der Waals surface area contributed by atoms with Crippen LogP contribution in [0.5, 0.6) is 0 Å². The van der Waals surface area contributed by atoms with E-state index in [0.29, 0.717) is 41.2 Å². The predicted molar refractivity (Wildman–Crippen MR) is 196 cm³/mol. The molecule has 0 aliphatic carbocycles. The lowest BCUT2D eigenvalue weighted by Crippen LogP contribution is -2.29. The Morgan fingerprint density at radius 2 is 1.61 bits per heavy atom. The first-order valence-corrected chi connectivity index (χ1v) is 17.0. The number of aromatic amines is 2. The van der Waals surface area contributed by atoms with Crippen molar-refractivity contribution in [1.29, 1.82) is 0 Å². The maximum Gasteiger partial charge on any atom is 0.338 e. The second kappa shape index (κ2) is 15.5. The topological polar surface area (TPSA) is 152 Å². The van der Waals surface area contributed by atoms with Crippen molar-refractivity contribution in [1.82, 2.24) is 24.8 Å². The van der Waals surface area contributed by atoms with Crippen molar-refractivity contribution >= 4 is 57.1 Å². The Bertz CT molecular complexity index is 2000. The summed E-state index contributed by atoms with van der Waals surface area (Å²) in [5, 5.41) is 18.2. The molecule has 10 heteroatoms. The molecule has 49 heavy (non-hydrogen) atoms. The molecule has 2 aliphatic heterocycles. The number of unbranched alkanes of at least 4 members (excludes halogenated alkanes) is 1. The molecule has 260 valence electrons. The minimum Gasteiger partial charge on any atom is -0.481 e. The van der Waals surface area contributed by atoms with E-state index >= 15 is 0 Å². The van der Waals surface area contributed by atoms with Crippen LogP contribution in [0.15, 0.2) is 24.8 Å². The zero-order valence-electron chi connectivity index (χ0n) is 30.0. The number of nitrogens with zero attached hydrogens (tertiary/aromatic N) is 3. The zero-order valence-corrected chi connectivity index (χ0v) is 30.0. The number of carbonyl (C=O) groups excluding carboxylic acids is 1. The summed E-state index contributed by atoms with van der Waals surface area (Å²) < 4.78 is 0. The number of allylic oxidation sites excluding steroid dienone is 1. The maximum atomic E-state index is 13.5. The Morgan fingerprint density at radius 1 is 0.959 bits per heavy atom. The molecule has 10 nitrogen and oxygen atoms in total. The highest BCUT2D eigenvalue weighted by Crippen LogP contribution is 2.36. The molecule has 0 saturated heterocycles. The van der Waals surface area contributed by atoms with Crippen molar-refractivity contribution in [2.75, 3.05) is 13.6 Å². The van der Waals surface area contributed by atoms with E-state index in [9.17, 15) is 19.5 Å². The molecular weight excluding hydrogens is 618 g/mol. The number of carbonyl (C=O) groups is 3.